The predicted molar refractivity (Wildman–Crippen MR) is 69.8 cm³/mol. The van der Waals surface area contributed by atoms with Crippen LogP contribution in [0, 0.1) is 16.7 Å². The van der Waals surface area contributed by atoms with Gasteiger partial charge in [-0.05, 0) is 19.3 Å². The summed E-state index contributed by atoms with van der Waals surface area (Å²) in [7, 11) is 1.63. The summed E-state index contributed by atoms with van der Waals surface area (Å²) in [6.45, 7) is 2.59. The Morgan fingerprint density at radius 2 is 2.11 bits per heavy atom. The third kappa shape index (κ3) is 3.71. The molecule has 1 atom stereocenters. The Morgan fingerprint density at radius 1 is 1.44 bits per heavy atom. The van der Waals surface area contributed by atoms with Crippen LogP contribution in [0.3, 0.4) is 0 Å². The maximum Gasteiger partial charge on any atom is 0.240 e. The monoisotopic (exact) mass is 252 g/mol. The molecule has 1 amide bonds. The molecule has 4 nitrogen and oxygen atoms in total. The van der Waals surface area contributed by atoms with E-state index in [1.54, 1.807) is 7.11 Å². The summed E-state index contributed by atoms with van der Waals surface area (Å²) in [5, 5.41) is 12.3. The molecule has 1 fully saturated rings. The summed E-state index contributed by atoms with van der Waals surface area (Å²) in [5.74, 6) is -0.0970. The van der Waals surface area contributed by atoms with Crippen LogP contribution >= 0.6 is 0 Å². The van der Waals surface area contributed by atoms with Gasteiger partial charge in [-0.25, -0.2) is 0 Å². The second-order valence-electron chi connectivity index (χ2n) is 5.17. The van der Waals surface area contributed by atoms with Gasteiger partial charge in [-0.3, -0.25) is 4.79 Å². The number of hydrogen-bond acceptors (Lipinski definition) is 3. The number of methoxy groups -OCH3 is 1. The van der Waals surface area contributed by atoms with E-state index in [0.717, 1.165) is 32.1 Å². The lowest BCUT2D eigenvalue weighted by molar-refractivity contribution is -0.130. The quantitative estimate of drug-likeness (QED) is 0.789. The third-order valence-electron chi connectivity index (χ3n) is 3.70. The molecule has 1 aliphatic carbocycles. The van der Waals surface area contributed by atoms with Crippen LogP contribution in [-0.4, -0.2) is 25.7 Å². The van der Waals surface area contributed by atoms with Gasteiger partial charge in [0, 0.05) is 7.11 Å². The van der Waals surface area contributed by atoms with E-state index in [4.69, 9.17) is 4.74 Å². The number of nitrogens with zero attached hydrogens (tertiary/aromatic N) is 1. The summed E-state index contributed by atoms with van der Waals surface area (Å²) >= 11 is 0. The molecule has 0 aromatic heterocycles. The minimum Gasteiger partial charge on any atom is -0.383 e. The van der Waals surface area contributed by atoms with Gasteiger partial charge in [0.05, 0.1) is 18.7 Å². The lowest BCUT2D eigenvalue weighted by Crippen LogP contribution is -2.47. The summed E-state index contributed by atoms with van der Waals surface area (Å²) in [4.78, 5) is 12.3. The molecular formula is C14H24N2O2. The van der Waals surface area contributed by atoms with Gasteiger partial charge in [0.15, 0.2) is 0 Å². The van der Waals surface area contributed by atoms with Gasteiger partial charge in [-0.2, -0.15) is 5.26 Å². The average molecular weight is 252 g/mol. The van der Waals surface area contributed by atoms with E-state index in [2.05, 4.69) is 18.3 Å². The van der Waals surface area contributed by atoms with Crippen LogP contribution in [0.15, 0.2) is 0 Å². The van der Waals surface area contributed by atoms with E-state index >= 15 is 0 Å². The van der Waals surface area contributed by atoms with Crippen molar-refractivity contribution >= 4 is 5.91 Å². The maximum absolute atomic E-state index is 12.3. The molecule has 1 saturated carbocycles. The smallest absolute Gasteiger partial charge is 0.240 e. The van der Waals surface area contributed by atoms with Gasteiger partial charge >= 0.3 is 0 Å². The first-order chi connectivity index (χ1) is 8.68. The number of rotatable bonds is 6. The van der Waals surface area contributed by atoms with Crippen LogP contribution < -0.4 is 5.32 Å². The zero-order valence-corrected chi connectivity index (χ0v) is 11.5. The topological polar surface area (TPSA) is 62.1 Å². The highest BCUT2D eigenvalue weighted by atomic mass is 16.5. The zero-order valence-electron chi connectivity index (χ0n) is 11.5. The van der Waals surface area contributed by atoms with E-state index in [1.807, 2.05) is 0 Å². The van der Waals surface area contributed by atoms with Crippen molar-refractivity contribution in [3.8, 4) is 6.07 Å². The summed E-state index contributed by atoms with van der Waals surface area (Å²) in [6.07, 6.45) is 6.36. The first kappa shape index (κ1) is 15.0. The van der Waals surface area contributed by atoms with Crippen LogP contribution in [0.5, 0.6) is 0 Å². The van der Waals surface area contributed by atoms with Crippen LogP contribution in [0.2, 0.25) is 0 Å². The highest BCUT2D eigenvalue weighted by Crippen LogP contribution is 2.36. The predicted octanol–water partition coefficient (Wildman–Crippen LogP) is 2.39. The molecule has 0 radical (unpaired) electrons. The Labute approximate surface area is 110 Å². The lowest BCUT2D eigenvalue weighted by atomic mass is 9.74. The molecule has 1 aliphatic rings. The van der Waals surface area contributed by atoms with Gasteiger partial charge < -0.3 is 10.1 Å². The minimum absolute atomic E-state index is 0.0275. The summed E-state index contributed by atoms with van der Waals surface area (Å²) in [5.41, 5.74) is -0.794. The SMILES string of the molecule is CCCC(COC)NC(=O)C1(C#N)CCCCC1. The number of carbonyl (C=O) groups excluding carboxylic acids is 1. The van der Waals surface area contributed by atoms with Crippen LogP contribution in [0.4, 0.5) is 0 Å². The van der Waals surface area contributed by atoms with Gasteiger partial charge in [-0.1, -0.05) is 32.6 Å². The number of amides is 1. The molecule has 0 bridgehead atoms. The third-order valence-corrected chi connectivity index (χ3v) is 3.70. The Balaban J connectivity index is 2.63. The fraction of sp³-hybridized carbons (Fsp3) is 0.857. The van der Waals surface area contributed by atoms with Crippen molar-refractivity contribution in [3.63, 3.8) is 0 Å². The largest absolute Gasteiger partial charge is 0.383 e. The molecule has 4 heteroatoms. The fourth-order valence-electron chi connectivity index (χ4n) is 2.62. The van der Waals surface area contributed by atoms with Crippen molar-refractivity contribution in [3.05, 3.63) is 0 Å². The van der Waals surface area contributed by atoms with Crippen molar-refractivity contribution in [2.45, 2.75) is 57.9 Å². The second-order valence-corrected chi connectivity index (χ2v) is 5.17. The number of carbonyl (C=O) groups is 1. The molecule has 1 N–H and O–H groups in total. The standard InChI is InChI=1S/C14H24N2O2/c1-3-7-12(10-18-2)16-13(17)14(11-15)8-5-4-6-9-14/h12H,3-10H2,1-2H3,(H,16,17). The lowest BCUT2D eigenvalue weighted by Gasteiger charge is -2.31. The molecule has 0 saturated heterocycles. The molecule has 0 aromatic rings. The maximum atomic E-state index is 12.3. The number of nitrogens with one attached hydrogen (secondary N) is 1. The molecule has 0 spiro atoms. The van der Waals surface area contributed by atoms with E-state index < -0.39 is 5.41 Å². The highest BCUT2D eigenvalue weighted by molar-refractivity contribution is 5.85. The molecule has 0 aliphatic heterocycles. The highest BCUT2D eigenvalue weighted by Gasteiger charge is 2.40. The second kappa shape index (κ2) is 7.38. The van der Waals surface area contributed by atoms with Crippen molar-refractivity contribution in [1.29, 1.82) is 5.26 Å². The van der Waals surface area contributed by atoms with Crippen molar-refractivity contribution < 1.29 is 9.53 Å². The van der Waals surface area contributed by atoms with Crippen molar-refractivity contribution in [1.82, 2.24) is 5.32 Å². The van der Waals surface area contributed by atoms with Crippen molar-refractivity contribution in [2.24, 2.45) is 5.41 Å². The molecule has 0 aromatic carbocycles. The molecule has 18 heavy (non-hydrogen) atoms. The Hall–Kier alpha value is -1.08. The van der Waals surface area contributed by atoms with Gasteiger partial charge in [0.2, 0.25) is 5.91 Å². The average Bonchev–Trinajstić information content (AvgIpc) is 2.40. The first-order valence-electron chi connectivity index (χ1n) is 6.89. The zero-order chi connectivity index (χ0) is 13.4. The van der Waals surface area contributed by atoms with E-state index in [-0.39, 0.29) is 11.9 Å². The number of nitriles is 1. The Bertz CT molecular complexity index is 297. The van der Waals surface area contributed by atoms with Gasteiger partial charge in [-0.15, -0.1) is 0 Å². The van der Waals surface area contributed by atoms with E-state index in [1.165, 1.54) is 0 Å². The molecule has 102 valence electrons. The van der Waals surface area contributed by atoms with Gasteiger partial charge in [0.25, 0.3) is 0 Å². The van der Waals surface area contributed by atoms with Crippen LogP contribution in [-0.2, 0) is 9.53 Å². The fourth-order valence-corrected chi connectivity index (χ4v) is 2.62. The van der Waals surface area contributed by atoms with Gasteiger partial charge in [0.1, 0.15) is 5.41 Å². The molecule has 0 heterocycles. The Kier molecular flexibility index (Phi) is 6.14. The first-order valence-corrected chi connectivity index (χ1v) is 6.89. The van der Waals surface area contributed by atoms with Crippen LogP contribution in [0.1, 0.15) is 51.9 Å². The number of ether oxygens (including phenoxy) is 1. The molecule has 1 rings (SSSR count). The summed E-state index contributed by atoms with van der Waals surface area (Å²) < 4.78 is 5.11. The van der Waals surface area contributed by atoms with E-state index in [9.17, 15) is 10.1 Å². The van der Waals surface area contributed by atoms with Crippen LogP contribution in [0.25, 0.3) is 0 Å². The van der Waals surface area contributed by atoms with Crippen molar-refractivity contribution in [2.75, 3.05) is 13.7 Å². The van der Waals surface area contributed by atoms with E-state index in [0.29, 0.717) is 19.4 Å². The molecular weight excluding hydrogens is 228 g/mol. The normalized spacial score (nSPS) is 19.8. The Morgan fingerprint density at radius 3 is 2.61 bits per heavy atom. The number of hydrogen-bond donors (Lipinski definition) is 1. The molecule has 1 unspecified atom stereocenters. The summed E-state index contributed by atoms with van der Waals surface area (Å²) in [6, 6.07) is 2.28. The minimum atomic E-state index is -0.794.